The van der Waals surface area contributed by atoms with E-state index in [2.05, 4.69) is 9.88 Å². The Bertz CT molecular complexity index is 769. The highest BCUT2D eigenvalue weighted by molar-refractivity contribution is 5.93. The minimum absolute atomic E-state index is 0.216. The molecule has 0 fully saturated rings. The number of rotatable bonds is 3. The molecule has 1 heterocycles. The van der Waals surface area contributed by atoms with Crippen LogP contribution in [0.15, 0.2) is 54.7 Å². The highest BCUT2D eigenvalue weighted by Crippen LogP contribution is 2.26. The molecule has 0 bridgehead atoms. The fourth-order valence-electron chi connectivity index (χ4n) is 2.43. The van der Waals surface area contributed by atoms with Gasteiger partial charge in [-0.25, -0.2) is 4.39 Å². The van der Waals surface area contributed by atoms with E-state index in [0.29, 0.717) is 12.2 Å². The van der Waals surface area contributed by atoms with Crippen molar-refractivity contribution in [1.29, 1.82) is 0 Å². The lowest BCUT2D eigenvalue weighted by Crippen LogP contribution is -2.16. The van der Waals surface area contributed by atoms with E-state index >= 15 is 0 Å². The van der Waals surface area contributed by atoms with E-state index in [-0.39, 0.29) is 5.82 Å². The van der Waals surface area contributed by atoms with Crippen LogP contribution in [0.4, 0.5) is 15.8 Å². The van der Waals surface area contributed by atoms with E-state index in [1.54, 1.807) is 18.3 Å². The van der Waals surface area contributed by atoms with Crippen molar-refractivity contribution < 1.29 is 4.39 Å². The summed E-state index contributed by atoms with van der Waals surface area (Å²) in [5, 5.41) is 1.05. The van der Waals surface area contributed by atoms with E-state index in [9.17, 15) is 4.39 Å². The highest BCUT2D eigenvalue weighted by atomic mass is 19.1. The van der Waals surface area contributed by atoms with Gasteiger partial charge in [0.25, 0.3) is 0 Å². The minimum Gasteiger partial charge on any atom is -0.399 e. The summed E-state index contributed by atoms with van der Waals surface area (Å²) in [4.78, 5) is 6.47. The molecule has 3 nitrogen and oxygen atoms in total. The van der Waals surface area contributed by atoms with Gasteiger partial charge >= 0.3 is 0 Å². The number of nitrogens with two attached hydrogens (primary N) is 1. The molecule has 1 aromatic heterocycles. The van der Waals surface area contributed by atoms with Gasteiger partial charge in [-0.2, -0.15) is 0 Å². The number of nitrogens with zero attached hydrogens (tertiary/aromatic N) is 2. The number of fused-ring (bicyclic) bond motifs is 1. The van der Waals surface area contributed by atoms with Crippen molar-refractivity contribution in [3.63, 3.8) is 0 Å². The van der Waals surface area contributed by atoms with Gasteiger partial charge in [-0.1, -0.05) is 12.1 Å². The molecule has 0 spiro atoms. The van der Waals surface area contributed by atoms with Gasteiger partial charge in [0, 0.05) is 36.6 Å². The first-order valence-electron chi connectivity index (χ1n) is 6.73. The summed E-state index contributed by atoms with van der Waals surface area (Å²) >= 11 is 0. The monoisotopic (exact) mass is 281 g/mol. The fourth-order valence-corrected chi connectivity index (χ4v) is 2.43. The van der Waals surface area contributed by atoms with Crippen LogP contribution in [0.5, 0.6) is 0 Å². The first-order valence-corrected chi connectivity index (χ1v) is 6.73. The third-order valence-corrected chi connectivity index (χ3v) is 3.49. The summed E-state index contributed by atoms with van der Waals surface area (Å²) in [5.41, 5.74) is 9.50. The normalized spacial score (nSPS) is 10.8. The van der Waals surface area contributed by atoms with Gasteiger partial charge in [-0.3, -0.25) is 4.98 Å². The maximum Gasteiger partial charge on any atom is 0.123 e. The maximum absolute atomic E-state index is 13.0. The van der Waals surface area contributed by atoms with E-state index in [1.807, 2.05) is 31.3 Å². The number of nitrogen functional groups attached to an aromatic ring is 1. The second-order valence-corrected chi connectivity index (χ2v) is 5.09. The third-order valence-electron chi connectivity index (χ3n) is 3.49. The molecule has 21 heavy (non-hydrogen) atoms. The van der Waals surface area contributed by atoms with E-state index in [0.717, 1.165) is 22.2 Å². The van der Waals surface area contributed by atoms with Crippen molar-refractivity contribution in [2.75, 3.05) is 17.7 Å². The number of hydrogen-bond acceptors (Lipinski definition) is 3. The lowest BCUT2D eigenvalue weighted by Gasteiger charge is -2.21. The first-order chi connectivity index (χ1) is 10.1. The highest BCUT2D eigenvalue weighted by Gasteiger charge is 2.08. The number of hydrogen-bond donors (Lipinski definition) is 1. The van der Waals surface area contributed by atoms with Crippen LogP contribution in [-0.4, -0.2) is 12.0 Å². The van der Waals surface area contributed by atoms with E-state index in [4.69, 9.17) is 5.73 Å². The molecule has 0 saturated carbocycles. The van der Waals surface area contributed by atoms with Gasteiger partial charge in [0.1, 0.15) is 5.82 Å². The van der Waals surface area contributed by atoms with Crippen molar-refractivity contribution in [2.24, 2.45) is 0 Å². The molecule has 0 radical (unpaired) electrons. The molecule has 0 amide bonds. The number of halogens is 1. The van der Waals surface area contributed by atoms with Crippen LogP contribution in [0.2, 0.25) is 0 Å². The SMILES string of the molecule is CN(Cc1ccc(F)cc1)c1ccnc2cc(N)ccc12. The van der Waals surface area contributed by atoms with Crippen LogP contribution < -0.4 is 10.6 Å². The topological polar surface area (TPSA) is 42.2 Å². The van der Waals surface area contributed by atoms with Gasteiger partial charge in [0.05, 0.1) is 5.52 Å². The largest absolute Gasteiger partial charge is 0.399 e. The molecule has 3 rings (SSSR count). The molecule has 0 unspecified atom stereocenters. The van der Waals surface area contributed by atoms with Crippen molar-refractivity contribution in [3.8, 4) is 0 Å². The zero-order chi connectivity index (χ0) is 14.8. The summed E-state index contributed by atoms with van der Waals surface area (Å²) in [6.45, 7) is 0.698. The van der Waals surface area contributed by atoms with Gasteiger partial charge < -0.3 is 10.6 Å². The molecule has 4 heteroatoms. The number of pyridine rings is 1. The lowest BCUT2D eigenvalue weighted by molar-refractivity contribution is 0.627. The molecular weight excluding hydrogens is 265 g/mol. The second-order valence-electron chi connectivity index (χ2n) is 5.09. The number of aromatic nitrogens is 1. The Kier molecular flexibility index (Phi) is 3.44. The Labute approximate surface area is 122 Å². The van der Waals surface area contributed by atoms with Crippen LogP contribution in [0.1, 0.15) is 5.56 Å². The molecule has 2 N–H and O–H groups in total. The Balaban J connectivity index is 1.94. The molecule has 106 valence electrons. The summed E-state index contributed by atoms with van der Waals surface area (Å²) in [6.07, 6.45) is 1.78. The standard InChI is InChI=1S/C17H16FN3/c1-21(11-12-2-4-13(18)5-3-12)17-8-9-20-16-10-14(19)6-7-15(16)17/h2-10H,11,19H2,1H3. The molecule has 0 saturated heterocycles. The Hall–Kier alpha value is -2.62. The van der Waals surface area contributed by atoms with Crippen molar-refractivity contribution in [3.05, 3.63) is 66.1 Å². The van der Waals surface area contributed by atoms with E-state index in [1.165, 1.54) is 12.1 Å². The van der Waals surface area contributed by atoms with E-state index < -0.39 is 0 Å². The van der Waals surface area contributed by atoms with Crippen molar-refractivity contribution >= 4 is 22.3 Å². The number of anilines is 2. The molecule has 0 aliphatic heterocycles. The van der Waals surface area contributed by atoms with Gasteiger partial charge in [-0.05, 0) is 42.0 Å². The Morgan fingerprint density at radius 2 is 1.86 bits per heavy atom. The van der Waals surface area contributed by atoms with Gasteiger partial charge in [-0.15, -0.1) is 0 Å². The summed E-state index contributed by atoms with van der Waals surface area (Å²) in [7, 11) is 2.01. The summed E-state index contributed by atoms with van der Waals surface area (Å²) in [6, 6.07) is 14.3. The fraction of sp³-hybridized carbons (Fsp3) is 0.118. The molecule has 3 aromatic rings. The van der Waals surface area contributed by atoms with Crippen LogP contribution in [0.3, 0.4) is 0 Å². The summed E-state index contributed by atoms with van der Waals surface area (Å²) < 4.78 is 13.0. The Morgan fingerprint density at radius 1 is 1.10 bits per heavy atom. The van der Waals surface area contributed by atoms with Crippen LogP contribution in [0.25, 0.3) is 10.9 Å². The first kappa shape index (κ1) is 13.4. The van der Waals surface area contributed by atoms with Crippen molar-refractivity contribution in [2.45, 2.75) is 6.54 Å². The van der Waals surface area contributed by atoms with Crippen molar-refractivity contribution in [1.82, 2.24) is 4.98 Å². The molecular formula is C17H16FN3. The third kappa shape index (κ3) is 2.79. The average Bonchev–Trinajstić information content (AvgIpc) is 2.48. The van der Waals surface area contributed by atoms with Gasteiger partial charge in [0.15, 0.2) is 0 Å². The molecule has 0 aliphatic carbocycles. The zero-order valence-corrected chi connectivity index (χ0v) is 11.8. The average molecular weight is 281 g/mol. The smallest absolute Gasteiger partial charge is 0.123 e. The molecule has 2 aromatic carbocycles. The predicted octanol–water partition coefficient (Wildman–Crippen LogP) is 3.59. The zero-order valence-electron chi connectivity index (χ0n) is 11.8. The summed E-state index contributed by atoms with van der Waals surface area (Å²) in [5.74, 6) is -0.216. The lowest BCUT2D eigenvalue weighted by atomic mass is 10.1. The van der Waals surface area contributed by atoms with Crippen LogP contribution in [-0.2, 0) is 6.54 Å². The van der Waals surface area contributed by atoms with Gasteiger partial charge in [0.2, 0.25) is 0 Å². The quantitative estimate of drug-likeness (QED) is 0.746. The maximum atomic E-state index is 13.0. The number of benzene rings is 2. The minimum atomic E-state index is -0.216. The molecule has 0 atom stereocenters. The van der Waals surface area contributed by atoms with Crippen LogP contribution in [0, 0.1) is 5.82 Å². The Morgan fingerprint density at radius 3 is 2.62 bits per heavy atom. The molecule has 0 aliphatic rings. The second kappa shape index (κ2) is 5.40. The predicted molar refractivity (Wildman–Crippen MR) is 84.7 cm³/mol. The van der Waals surface area contributed by atoms with Crippen LogP contribution >= 0.6 is 0 Å².